The molecule has 0 aliphatic heterocycles. The van der Waals surface area contributed by atoms with Gasteiger partial charge in [-0.25, -0.2) is 0 Å². The van der Waals surface area contributed by atoms with Gasteiger partial charge in [-0.3, -0.25) is 0 Å². The van der Waals surface area contributed by atoms with E-state index in [1.54, 1.807) is 0 Å². The molecule has 1 unspecified atom stereocenters. The molecule has 1 aliphatic rings. The van der Waals surface area contributed by atoms with Crippen LogP contribution in [0.15, 0.2) is 0 Å². The van der Waals surface area contributed by atoms with Crippen LogP contribution in [0, 0.1) is 11.8 Å². The lowest BCUT2D eigenvalue weighted by Crippen LogP contribution is -2.17. The molecular formula is C12H24. The molecule has 1 saturated carbocycles. The Morgan fingerprint density at radius 1 is 1.08 bits per heavy atom. The highest BCUT2D eigenvalue weighted by Gasteiger charge is 2.20. The average Bonchev–Trinajstić information content (AvgIpc) is 2.15. The summed E-state index contributed by atoms with van der Waals surface area (Å²) < 4.78 is 0. The lowest BCUT2D eigenvalue weighted by molar-refractivity contribution is 0.229. The van der Waals surface area contributed by atoms with Gasteiger partial charge in [0.05, 0.1) is 0 Å². The fraction of sp³-hybridized carbons (Fsp3) is 1.00. The summed E-state index contributed by atoms with van der Waals surface area (Å²) in [6.45, 7) is 4.69. The van der Waals surface area contributed by atoms with E-state index in [0.717, 1.165) is 11.8 Å². The van der Waals surface area contributed by atoms with Gasteiger partial charge < -0.3 is 0 Å². The maximum absolute atomic E-state index is 2.37. The molecule has 1 atom stereocenters. The smallest absolute Gasteiger partial charge is 0.0386 e. The molecule has 72 valence electrons. The van der Waals surface area contributed by atoms with Gasteiger partial charge in [-0.05, 0) is 11.8 Å². The lowest BCUT2D eigenvalue weighted by atomic mass is 9.77. The number of rotatable bonds is 4. The third kappa shape index (κ3) is 2.80. The highest BCUT2D eigenvalue weighted by molar-refractivity contribution is 4.72. The van der Waals surface area contributed by atoms with Gasteiger partial charge in [0.1, 0.15) is 0 Å². The van der Waals surface area contributed by atoms with Crippen LogP contribution in [0.2, 0.25) is 0 Å². The van der Waals surface area contributed by atoms with Crippen molar-refractivity contribution < 1.29 is 0 Å². The van der Waals surface area contributed by atoms with Crippen LogP contribution >= 0.6 is 0 Å². The lowest BCUT2D eigenvalue weighted by Gasteiger charge is -2.29. The van der Waals surface area contributed by atoms with Crippen molar-refractivity contribution in [1.82, 2.24) is 0 Å². The third-order valence-electron chi connectivity index (χ3n) is 3.50. The van der Waals surface area contributed by atoms with E-state index in [1.165, 1.54) is 51.4 Å². The Labute approximate surface area is 77.7 Å². The van der Waals surface area contributed by atoms with Crippen molar-refractivity contribution in [3.63, 3.8) is 0 Å². The summed E-state index contributed by atoms with van der Waals surface area (Å²) in [6.07, 6.45) is 11.8. The summed E-state index contributed by atoms with van der Waals surface area (Å²) in [5.41, 5.74) is 0. The van der Waals surface area contributed by atoms with Crippen molar-refractivity contribution >= 4 is 0 Å². The van der Waals surface area contributed by atoms with E-state index in [2.05, 4.69) is 13.8 Å². The van der Waals surface area contributed by atoms with E-state index in [4.69, 9.17) is 0 Å². The predicted octanol–water partition coefficient (Wildman–Crippen LogP) is 4.39. The van der Waals surface area contributed by atoms with Crippen LogP contribution in [-0.2, 0) is 0 Å². The molecule has 0 heterocycles. The summed E-state index contributed by atoms with van der Waals surface area (Å²) >= 11 is 0. The normalized spacial score (nSPS) is 22.5. The quantitative estimate of drug-likeness (QED) is 0.584. The molecule has 0 N–H and O–H groups in total. The van der Waals surface area contributed by atoms with Crippen molar-refractivity contribution in [3.05, 3.63) is 0 Å². The molecule has 0 amide bonds. The first kappa shape index (κ1) is 10.1. The van der Waals surface area contributed by atoms with Crippen LogP contribution in [0.4, 0.5) is 0 Å². The second kappa shape index (κ2) is 5.61. The summed E-state index contributed by atoms with van der Waals surface area (Å²) in [7, 11) is 0. The predicted molar refractivity (Wildman–Crippen MR) is 55.3 cm³/mol. The van der Waals surface area contributed by atoms with E-state index in [0.29, 0.717) is 0 Å². The minimum absolute atomic E-state index is 1.05. The molecule has 1 fully saturated rings. The number of hydrogen-bond donors (Lipinski definition) is 0. The van der Waals surface area contributed by atoms with E-state index in [-0.39, 0.29) is 0 Å². The Kier molecular flexibility index (Phi) is 4.72. The van der Waals surface area contributed by atoms with Crippen LogP contribution in [0.3, 0.4) is 0 Å². The zero-order valence-corrected chi connectivity index (χ0v) is 8.81. The summed E-state index contributed by atoms with van der Waals surface area (Å²) in [6, 6.07) is 0. The maximum atomic E-state index is 2.37. The van der Waals surface area contributed by atoms with E-state index in [1.807, 2.05) is 0 Å². The molecule has 0 bridgehead atoms. The molecular weight excluding hydrogens is 144 g/mol. The molecule has 12 heavy (non-hydrogen) atoms. The second-order valence-electron chi connectivity index (χ2n) is 4.36. The highest BCUT2D eigenvalue weighted by Crippen LogP contribution is 2.33. The summed E-state index contributed by atoms with van der Waals surface area (Å²) in [5.74, 6) is 2.14. The maximum Gasteiger partial charge on any atom is -0.0386 e. The first-order valence-corrected chi connectivity index (χ1v) is 5.88. The molecule has 0 aromatic heterocycles. The van der Waals surface area contributed by atoms with Crippen LogP contribution in [0.25, 0.3) is 0 Å². The van der Waals surface area contributed by atoms with Gasteiger partial charge in [0.25, 0.3) is 0 Å². The molecule has 0 spiro atoms. The van der Waals surface area contributed by atoms with E-state index < -0.39 is 0 Å². The van der Waals surface area contributed by atoms with Crippen LogP contribution in [-0.4, -0.2) is 0 Å². The molecule has 1 rings (SSSR count). The Balaban J connectivity index is 2.29. The van der Waals surface area contributed by atoms with Gasteiger partial charge in [-0.15, -0.1) is 0 Å². The van der Waals surface area contributed by atoms with Gasteiger partial charge in [0.15, 0.2) is 0 Å². The Hall–Kier alpha value is 0. The average molecular weight is 168 g/mol. The Bertz CT molecular complexity index is 97.9. The molecule has 0 aromatic rings. The van der Waals surface area contributed by atoms with Gasteiger partial charge in [0.2, 0.25) is 0 Å². The van der Waals surface area contributed by atoms with E-state index >= 15 is 0 Å². The van der Waals surface area contributed by atoms with Crippen LogP contribution in [0.5, 0.6) is 0 Å². The van der Waals surface area contributed by atoms with Crippen molar-refractivity contribution in [2.75, 3.05) is 0 Å². The minimum Gasteiger partial charge on any atom is -0.0654 e. The molecule has 0 aromatic carbocycles. The van der Waals surface area contributed by atoms with Gasteiger partial charge in [-0.1, -0.05) is 65.2 Å². The SMILES string of the molecule is CCCC(CC)C1CCCCC1. The zero-order chi connectivity index (χ0) is 8.81. The van der Waals surface area contributed by atoms with Crippen molar-refractivity contribution in [2.24, 2.45) is 11.8 Å². The molecule has 0 nitrogen and oxygen atoms in total. The minimum atomic E-state index is 1.05. The fourth-order valence-corrected chi connectivity index (χ4v) is 2.75. The number of hydrogen-bond acceptors (Lipinski definition) is 0. The fourth-order valence-electron chi connectivity index (χ4n) is 2.75. The summed E-state index contributed by atoms with van der Waals surface area (Å²) in [4.78, 5) is 0. The van der Waals surface area contributed by atoms with Gasteiger partial charge >= 0.3 is 0 Å². The van der Waals surface area contributed by atoms with Crippen LogP contribution < -0.4 is 0 Å². The summed E-state index contributed by atoms with van der Waals surface area (Å²) in [5, 5.41) is 0. The van der Waals surface area contributed by atoms with Crippen molar-refractivity contribution in [1.29, 1.82) is 0 Å². The second-order valence-corrected chi connectivity index (χ2v) is 4.36. The highest BCUT2D eigenvalue weighted by atomic mass is 14.3. The first-order chi connectivity index (χ1) is 5.88. The van der Waals surface area contributed by atoms with Crippen molar-refractivity contribution in [3.8, 4) is 0 Å². The first-order valence-electron chi connectivity index (χ1n) is 5.88. The van der Waals surface area contributed by atoms with E-state index in [9.17, 15) is 0 Å². The van der Waals surface area contributed by atoms with Crippen molar-refractivity contribution in [2.45, 2.75) is 65.2 Å². The topological polar surface area (TPSA) is 0 Å². The standard InChI is InChI=1S/C12H24/c1-3-8-11(4-2)12-9-6-5-7-10-12/h11-12H,3-10H2,1-2H3. The monoisotopic (exact) mass is 168 g/mol. The molecule has 0 radical (unpaired) electrons. The Morgan fingerprint density at radius 2 is 1.75 bits per heavy atom. The molecule has 0 heteroatoms. The van der Waals surface area contributed by atoms with Crippen LogP contribution in [0.1, 0.15) is 65.2 Å². The van der Waals surface area contributed by atoms with Gasteiger partial charge in [-0.2, -0.15) is 0 Å². The van der Waals surface area contributed by atoms with Gasteiger partial charge in [0, 0.05) is 0 Å². The Morgan fingerprint density at radius 3 is 2.25 bits per heavy atom. The molecule has 1 aliphatic carbocycles. The molecule has 0 saturated heterocycles. The largest absolute Gasteiger partial charge is 0.0654 e. The third-order valence-corrected chi connectivity index (χ3v) is 3.50. The zero-order valence-electron chi connectivity index (χ0n) is 8.81.